The molecule has 648 valence electrons. The molecule has 10 aliphatic heterocycles. The molecule has 0 aromatic carbocycles. The molecule has 10 rings (SSSR count). The Hall–Kier alpha value is -2.04. The fourth-order valence-electron chi connectivity index (χ4n) is 14.7. The van der Waals surface area contributed by atoms with Crippen LogP contribution in [-0.4, -0.2) is 537 Å². The van der Waals surface area contributed by atoms with E-state index in [4.69, 9.17) is 90.0 Å². The van der Waals surface area contributed by atoms with Gasteiger partial charge in [-0.15, -0.1) is 0 Å². The van der Waals surface area contributed by atoms with Crippen LogP contribution in [0, 0.1) is 0 Å². The van der Waals surface area contributed by atoms with Crippen molar-refractivity contribution in [1.82, 2.24) is 0 Å². The molecule has 10 aliphatic rings. The van der Waals surface area contributed by atoms with Gasteiger partial charge in [0.25, 0.3) is 0 Å². The van der Waals surface area contributed by atoms with Crippen molar-refractivity contribution in [1.29, 1.82) is 0 Å². The van der Waals surface area contributed by atoms with Crippen LogP contribution in [0.4, 0.5) is 0 Å². The minimum absolute atomic E-state index is 0.964. The van der Waals surface area contributed by atoms with Crippen LogP contribution in [0.1, 0.15) is 0 Å². The number of hydrogen-bond donors (Lipinski definition) is 32. The molecule has 0 bridgehead atoms. The third-order valence-corrected chi connectivity index (χ3v) is 21.7. The van der Waals surface area contributed by atoms with Crippen molar-refractivity contribution in [3.63, 3.8) is 0 Å². The predicted molar refractivity (Wildman–Crippen MR) is 330 cm³/mol. The van der Waals surface area contributed by atoms with Gasteiger partial charge in [-0.1, -0.05) is 0 Å². The number of ether oxygens (including phenoxy) is 19. The molecule has 111 heavy (non-hydrogen) atoms. The summed E-state index contributed by atoms with van der Waals surface area (Å²) in [5.74, 6) is -27.6. The predicted octanol–water partition coefficient (Wildman–Crippen LogP) is -22.8. The van der Waals surface area contributed by atoms with Gasteiger partial charge in [0.1, 0.15) is 249 Å². The standard InChI is InChI=1S/C60H102O51/c61-1-20-30(72)40(82)41(83)51(101-20)111-60(50(92)39(81)29(10-70)110-60)19-100-59(49(91)38(80)28(9-69)109-59)18-99-58(48(90)37(79)27(8-68)108-58)17-98-57(47(89)36(78)26(7-67)107-57)16-97-56(46(88)35(77)25(6-66)106-56)15-96-55(45(87)34(76)24(5-65)105-55)14-95-54(44(86)33(75)23(4-64)104-54)13-94-53(43(85)32(74)22(3-63)103-53)12-93-52(11-71)42(84)31(73)21(2-62)102-52/h20-51,61-92H,1-19H2/t20-,21-,22-,23-,24-,25-,26-,27-,28-,29-,30-,31-,32-,33-,34-,35-,36-,37-,38-,39-,40+,41-,42+,43+,44+,45+,46+,47+,48+,49+,50+,51-,52-,53-,54-,55-,56-,57-,58-,59-,60+/m1/s1. The molecule has 0 spiro atoms. The Morgan fingerprint density at radius 3 is 0.532 bits per heavy atom. The lowest BCUT2D eigenvalue weighted by atomic mass is 9.99. The molecule has 51 nitrogen and oxygen atoms in total. The second-order valence-electron chi connectivity index (χ2n) is 28.6. The highest BCUT2D eigenvalue weighted by Gasteiger charge is 2.70. The van der Waals surface area contributed by atoms with Gasteiger partial charge in [0.05, 0.1) is 66.1 Å². The molecule has 0 aromatic rings. The van der Waals surface area contributed by atoms with Crippen molar-refractivity contribution in [2.45, 2.75) is 248 Å². The zero-order valence-electron chi connectivity index (χ0n) is 58.5. The summed E-state index contributed by atoms with van der Waals surface area (Å²) in [6, 6.07) is 0. The molecule has 0 unspecified atom stereocenters. The van der Waals surface area contributed by atoms with Crippen molar-refractivity contribution in [3.8, 4) is 0 Å². The highest BCUT2D eigenvalue weighted by Crippen LogP contribution is 2.48. The van der Waals surface area contributed by atoms with Crippen LogP contribution >= 0.6 is 0 Å². The molecule has 0 saturated carbocycles. The lowest BCUT2D eigenvalue weighted by Gasteiger charge is -2.45. The maximum Gasteiger partial charge on any atom is 0.224 e. The largest absolute Gasteiger partial charge is 0.394 e. The minimum atomic E-state index is -3.20. The Bertz CT molecular complexity index is 2950. The molecule has 10 saturated heterocycles. The summed E-state index contributed by atoms with van der Waals surface area (Å²) in [5.41, 5.74) is 0. The highest BCUT2D eigenvalue weighted by atomic mass is 16.9. The Kier molecular flexibility index (Phi) is 29.4. The van der Waals surface area contributed by atoms with E-state index < -0.39 is 373 Å². The first-order valence-electron chi connectivity index (χ1n) is 34.9. The molecule has 10 fully saturated rings. The smallest absolute Gasteiger partial charge is 0.224 e. The van der Waals surface area contributed by atoms with E-state index in [0.717, 1.165) is 0 Å². The second-order valence-corrected chi connectivity index (χ2v) is 28.6. The zero-order chi connectivity index (χ0) is 81.8. The average Bonchev–Trinajstić information content (AvgIpc) is 1.60. The Labute approximate surface area is 625 Å². The van der Waals surface area contributed by atoms with E-state index in [1.165, 1.54) is 0 Å². The van der Waals surface area contributed by atoms with Crippen molar-refractivity contribution < 1.29 is 253 Å². The molecule has 0 aliphatic carbocycles. The van der Waals surface area contributed by atoms with Gasteiger partial charge >= 0.3 is 0 Å². The fraction of sp³-hybridized carbons (Fsp3) is 1.00. The average molecular weight is 1640 g/mol. The minimum Gasteiger partial charge on any atom is -0.394 e. The number of hydrogen-bond acceptors (Lipinski definition) is 51. The van der Waals surface area contributed by atoms with Crippen molar-refractivity contribution in [2.24, 2.45) is 0 Å². The van der Waals surface area contributed by atoms with E-state index in [-0.39, 0.29) is 0 Å². The number of rotatable bonds is 37. The molecule has 32 N–H and O–H groups in total. The normalized spacial score (nSPS) is 52.8. The summed E-state index contributed by atoms with van der Waals surface area (Å²) in [6.45, 7) is -24.8. The van der Waals surface area contributed by atoms with Crippen LogP contribution in [0.2, 0.25) is 0 Å². The van der Waals surface area contributed by atoms with Gasteiger partial charge < -0.3 is 253 Å². The van der Waals surface area contributed by atoms with Crippen molar-refractivity contribution in [2.75, 3.05) is 126 Å². The van der Waals surface area contributed by atoms with Crippen LogP contribution in [0.3, 0.4) is 0 Å². The van der Waals surface area contributed by atoms with Gasteiger partial charge in [-0.25, -0.2) is 0 Å². The van der Waals surface area contributed by atoms with Gasteiger partial charge in [0.15, 0.2) is 6.29 Å². The summed E-state index contributed by atoms with van der Waals surface area (Å²) >= 11 is 0. The lowest BCUT2D eigenvalue weighted by Crippen LogP contribution is -2.64. The Morgan fingerprint density at radius 2 is 0.342 bits per heavy atom. The van der Waals surface area contributed by atoms with Gasteiger partial charge in [-0.05, 0) is 0 Å². The SMILES string of the molecule is OC[C@H]1O[C@@](CO)(OC[C@@]2(OC[C@@]3(OC[C@@]4(OC[C@@]5(OC[C@@]6(OC[C@@]7(OC[C@@]8(OC[C@@]9(O[C@H]%10O[C@H](CO)[C@@H](O)[C@H](O)[C@H]%10O)O[C@H](CO)[C@@H](O)[C@@H]9O)O[C@H](CO)[C@@H](O)[C@@H]8O)O[C@H](CO)[C@@H](O)[C@@H]7O)O[C@H](CO)[C@@H](O)[C@@H]6O)O[C@H](CO)[C@@H](O)[C@@H]5O)O[C@H](CO)[C@@H](O)[C@@H]4O)O[C@H](CO)[C@@H](O)[C@@H]3O)O[C@H](CO)[C@@H](O)[C@@H]2O)[C@@H](O)[C@@H]1O. The van der Waals surface area contributed by atoms with Gasteiger partial charge in [0, 0.05) is 0 Å². The summed E-state index contributed by atoms with van der Waals surface area (Å²) in [5, 5.41) is 352. The first-order valence-corrected chi connectivity index (χ1v) is 34.9. The topological polar surface area (TPSA) is 823 Å². The monoisotopic (exact) mass is 1640 g/mol. The molecular weight excluding hydrogens is 1540 g/mol. The molecule has 51 heteroatoms. The Morgan fingerprint density at radius 1 is 0.180 bits per heavy atom. The van der Waals surface area contributed by atoms with Crippen molar-refractivity contribution >= 4 is 0 Å². The first kappa shape index (κ1) is 91.3. The van der Waals surface area contributed by atoms with Crippen LogP contribution in [0.15, 0.2) is 0 Å². The fourth-order valence-corrected chi connectivity index (χ4v) is 14.7. The highest BCUT2D eigenvalue weighted by molar-refractivity contribution is 5.09. The quantitative estimate of drug-likeness (QED) is 0.0275. The summed E-state index contributed by atoms with van der Waals surface area (Å²) in [4.78, 5) is 0. The van der Waals surface area contributed by atoms with E-state index in [9.17, 15) is 163 Å². The van der Waals surface area contributed by atoms with E-state index in [1.807, 2.05) is 0 Å². The molecule has 10 heterocycles. The van der Waals surface area contributed by atoms with Gasteiger partial charge in [-0.2, -0.15) is 0 Å². The molecule has 0 aromatic heterocycles. The van der Waals surface area contributed by atoms with Gasteiger partial charge in [0.2, 0.25) is 52.1 Å². The third kappa shape index (κ3) is 16.3. The molecular formula is C60H102O51. The summed E-state index contributed by atoms with van der Waals surface area (Å²) in [6.07, 6.45) is -69.6. The maximum atomic E-state index is 12.0. The van der Waals surface area contributed by atoms with E-state index in [2.05, 4.69) is 0 Å². The summed E-state index contributed by atoms with van der Waals surface area (Å²) in [7, 11) is 0. The van der Waals surface area contributed by atoms with E-state index in [0.29, 0.717) is 0 Å². The first-order chi connectivity index (χ1) is 52.4. The van der Waals surface area contributed by atoms with E-state index in [1.54, 1.807) is 0 Å². The lowest BCUT2D eigenvalue weighted by molar-refractivity contribution is -0.407. The van der Waals surface area contributed by atoms with Crippen LogP contribution in [-0.2, 0) is 90.0 Å². The van der Waals surface area contributed by atoms with Crippen molar-refractivity contribution in [3.05, 3.63) is 0 Å². The molecule has 0 radical (unpaired) electrons. The maximum absolute atomic E-state index is 12.0. The third-order valence-electron chi connectivity index (χ3n) is 21.7. The molecule has 0 amide bonds. The second kappa shape index (κ2) is 35.7. The van der Waals surface area contributed by atoms with Crippen LogP contribution in [0.25, 0.3) is 0 Å². The zero-order valence-corrected chi connectivity index (χ0v) is 58.5. The number of aliphatic hydroxyl groups is 32. The van der Waals surface area contributed by atoms with Crippen LogP contribution < -0.4 is 0 Å². The number of aliphatic hydroxyl groups excluding tert-OH is 32. The summed E-state index contributed by atoms with van der Waals surface area (Å²) < 4.78 is 111. The molecule has 41 atom stereocenters. The Balaban J connectivity index is 0.956. The van der Waals surface area contributed by atoms with E-state index >= 15 is 0 Å². The van der Waals surface area contributed by atoms with Crippen LogP contribution in [0.5, 0.6) is 0 Å². The van der Waals surface area contributed by atoms with Gasteiger partial charge in [-0.3, -0.25) is 0 Å².